The van der Waals surface area contributed by atoms with Crippen molar-refractivity contribution in [2.45, 2.75) is 0 Å². The molecule has 0 saturated heterocycles. The van der Waals surface area contributed by atoms with Gasteiger partial charge in [0.15, 0.2) is 5.13 Å². The molecule has 88 valence electrons. The molecule has 0 unspecified atom stereocenters. The van der Waals surface area contributed by atoms with Gasteiger partial charge in [0.25, 0.3) is 5.91 Å². The number of amides is 1. The molecule has 0 aliphatic rings. The minimum atomic E-state index is -0.796. The van der Waals surface area contributed by atoms with E-state index in [0.29, 0.717) is 11.2 Å². The summed E-state index contributed by atoms with van der Waals surface area (Å²) in [6, 6.07) is 2.62. The monoisotopic (exact) mass is 318 g/mol. The third kappa shape index (κ3) is 3.07. The first kappa shape index (κ1) is 12.1. The average Bonchev–Trinajstić information content (AvgIpc) is 2.62. The van der Waals surface area contributed by atoms with Crippen LogP contribution in [0.15, 0.2) is 28.2 Å². The number of hydrogen-bond donors (Lipinski definition) is 1. The van der Waals surface area contributed by atoms with Crippen molar-refractivity contribution in [1.82, 2.24) is 4.98 Å². The van der Waals surface area contributed by atoms with Crippen molar-refractivity contribution < 1.29 is 13.6 Å². The molecule has 1 heterocycles. The van der Waals surface area contributed by atoms with Crippen LogP contribution in [0.2, 0.25) is 0 Å². The Labute approximate surface area is 108 Å². The van der Waals surface area contributed by atoms with Gasteiger partial charge < -0.3 is 0 Å². The fourth-order valence-corrected chi connectivity index (χ4v) is 2.27. The van der Waals surface area contributed by atoms with E-state index in [1.54, 1.807) is 0 Å². The van der Waals surface area contributed by atoms with Gasteiger partial charge in [-0.3, -0.25) is 10.1 Å². The first-order valence-electron chi connectivity index (χ1n) is 4.43. The normalized spacial score (nSPS) is 10.3. The van der Waals surface area contributed by atoms with E-state index < -0.39 is 17.5 Å². The van der Waals surface area contributed by atoms with Crippen LogP contribution in [-0.4, -0.2) is 10.9 Å². The van der Waals surface area contributed by atoms with Gasteiger partial charge in [0.2, 0.25) is 0 Å². The van der Waals surface area contributed by atoms with Crippen LogP contribution >= 0.6 is 27.3 Å². The van der Waals surface area contributed by atoms with Crippen molar-refractivity contribution in [2.75, 3.05) is 5.32 Å². The molecule has 7 heteroatoms. The Morgan fingerprint density at radius 3 is 2.47 bits per heavy atom. The Bertz CT molecular complexity index is 553. The van der Waals surface area contributed by atoms with Gasteiger partial charge in [0.1, 0.15) is 11.6 Å². The van der Waals surface area contributed by atoms with Crippen LogP contribution in [0.5, 0.6) is 0 Å². The summed E-state index contributed by atoms with van der Waals surface area (Å²) in [6.07, 6.45) is 1.52. The predicted molar refractivity (Wildman–Crippen MR) is 64.1 cm³/mol. The lowest BCUT2D eigenvalue weighted by molar-refractivity contribution is 0.102. The van der Waals surface area contributed by atoms with Crippen LogP contribution in [0.4, 0.5) is 13.9 Å². The maximum atomic E-state index is 12.9. The van der Waals surface area contributed by atoms with E-state index in [0.717, 1.165) is 15.9 Å². The van der Waals surface area contributed by atoms with E-state index in [1.165, 1.54) is 17.5 Å². The number of aromatic nitrogens is 1. The molecule has 1 N–H and O–H groups in total. The number of anilines is 1. The molecule has 1 amide bonds. The second kappa shape index (κ2) is 4.89. The standard InChI is InChI=1S/C10H5BrF2N2OS/c11-8-4-14-10(17-8)15-9(16)5-1-6(12)3-7(13)2-5/h1-4H,(H,14,15,16). The minimum Gasteiger partial charge on any atom is -0.298 e. The van der Waals surface area contributed by atoms with E-state index in [4.69, 9.17) is 0 Å². The van der Waals surface area contributed by atoms with E-state index in [1.807, 2.05) is 0 Å². The predicted octanol–water partition coefficient (Wildman–Crippen LogP) is 3.44. The van der Waals surface area contributed by atoms with Gasteiger partial charge in [-0.2, -0.15) is 0 Å². The Morgan fingerprint density at radius 1 is 1.29 bits per heavy atom. The van der Waals surface area contributed by atoms with Crippen LogP contribution < -0.4 is 5.32 Å². The number of rotatable bonds is 2. The summed E-state index contributed by atoms with van der Waals surface area (Å²) in [6.45, 7) is 0. The van der Waals surface area contributed by atoms with E-state index in [-0.39, 0.29) is 5.56 Å². The SMILES string of the molecule is O=C(Nc1ncc(Br)s1)c1cc(F)cc(F)c1. The average molecular weight is 319 g/mol. The molecule has 0 spiro atoms. The molecule has 0 radical (unpaired) electrons. The van der Waals surface area contributed by atoms with Crippen molar-refractivity contribution >= 4 is 38.3 Å². The van der Waals surface area contributed by atoms with Crippen LogP contribution in [0.25, 0.3) is 0 Å². The van der Waals surface area contributed by atoms with Crippen LogP contribution in [0.3, 0.4) is 0 Å². The van der Waals surface area contributed by atoms with E-state index in [9.17, 15) is 13.6 Å². The van der Waals surface area contributed by atoms with Gasteiger partial charge in [-0.05, 0) is 28.1 Å². The number of carbonyl (C=O) groups excluding carboxylic acids is 1. The zero-order valence-electron chi connectivity index (χ0n) is 8.21. The van der Waals surface area contributed by atoms with Crippen LogP contribution in [0.1, 0.15) is 10.4 Å². The fourth-order valence-electron chi connectivity index (χ4n) is 1.17. The van der Waals surface area contributed by atoms with Crippen LogP contribution in [-0.2, 0) is 0 Å². The summed E-state index contributed by atoms with van der Waals surface area (Å²) in [5.41, 5.74) is -0.0891. The van der Waals surface area contributed by atoms with Crippen LogP contribution in [0, 0.1) is 11.6 Å². The highest BCUT2D eigenvalue weighted by Gasteiger charge is 2.11. The van der Waals surface area contributed by atoms with Gasteiger partial charge in [0.05, 0.1) is 9.98 Å². The molecule has 3 nitrogen and oxygen atoms in total. The van der Waals surface area contributed by atoms with Crippen molar-refractivity contribution in [2.24, 2.45) is 0 Å². The Kier molecular flexibility index (Phi) is 3.49. The summed E-state index contributed by atoms with van der Waals surface area (Å²) in [5.74, 6) is -2.20. The topological polar surface area (TPSA) is 42.0 Å². The van der Waals surface area contributed by atoms with Gasteiger partial charge >= 0.3 is 0 Å². The second-order valence-electron chi connectivity index (χ2n) is 3.08. The summed E-state index contributed by atoms with van der Waals surface area (Å²) < 4.78 is 26.5. The summed E-state index contributed by atoms with van der Waals surface area (Å²) in [4.78, 5) is 15.5. The van der Waals surface area contributed by atoms with Crippen molar-refractivity contribution in [3.63, 3.8) is 0 Å². The fraction of sp³-hybridized carbons (Fsp3) is 0. The third-order valence-electron chi connectivity index (χ3n) is 1.82. The van der Waals surface area contributed by atoms with E-state index in [2.05, 4.69) is 26.2 Å². The molecule has 0 aliphatic heterocycles. The van der Waals surface area contributed by atoms with Crippen molar-refractivity contribution in [3.05, 3.63) is 45.4 Å². The van der Waals surface area contributed by atoms with Gasteiger partial charge in [0, 0.05) is 11.6 Å². The molecule has 0 fully saturated rings. The largest absolute Gasteiger partial charge is 0.298 e. The van der Waals surface area contributed by atoms with Gasteiger partial charge in [-0.25, -0.2) is 13.8 Å². The molecule has 1 aromatic carbocycles. The maximum Gasteiger partial charge on any atom is 0.257 e. The lowest BCUT2D eigenvalue weighted by Gasteiger charge is -2.01. The number of thiazole rings is 1. The molecule has 17 heavy (non-hydrogen) atoms. The molecule has 2 aromatic rings. The molecule has 0 saturated carbocycles. The highest BCUT2D eigenvalue weighted by atomic mass is 79.9. The Balaban J connectivity index is 2.19. The quantitative estimate of drug-likeness (QED) is 0.921. The molecular weight excluding hydrogens is 314 g/mol. The molecule has 0 atom stereocenters. The lowest BCUT2D eigenvalue weighted by Crippen LogP contribution is -2.12. The third-order valence-corrected chi connectivity index (χ3v) is 3.21. The van der Waals surface area contributed by atoms with E-state index >= 15 is 0 Å². The number of benzene rings is 1. The number of hydrogen-bond acceptors (Lipinski definition) is 3. The lowest BCUT2D eigenvalue weighted by atomic mass is 10.2. The second-order valence-corrected chi connectivity index (χ2v) is 5.49. The Hall–Kier alpha value is -1.34. The van der Waals surface area contributed by atoms with Gasteiger partial charge in [-0.1, -0.05) is 11.3 Å². The molecule has 0 aliphatic carbocycles. The number of nitrogens with zero attached hydrogens (tertiary/aromatic N) is 1. The summed E-state index contributed by atoms with van der Waals surface area (Å²) in [7, 11) is 0. The molecule has 2 rings (SSSR count). The number of halogens is 3. The highest BCUT2D eigenvalue weighted by molar-refractivity contribution is 9.11. The van der Waals surface area contributed by atoms with Gasteiger partial charge in [-0.15, -0.1) is 0 Å². The van der Waals surface area contributed by atoms with Crippen molar-refractivity contribution in [1.29, 1.82) is 0 Å². The smallest absolute Gasteiger partial charge is 0.257 e. The molecular formula is C10H5BrF2N2OS. The highest BCUT2D eigenvalue weighted by Crippen LogP contribution is 2.23. The first-order chi connectivity index (χ1) is 8.04. The zero-order chi connectivity index (χ0) is 12.4. The maximum absolute atomic E-state index is 12.9. The number of carbonyl (C=O) groups is 1. The molecule has 1 aromatic heterocycles. The minimum absolute atomic E-state index is 0.0891. The zero-order valence-corrected chi connectivity index (χ0v) is 10.6. The Morgan fingerprint density at radius 2 is 1.94 bits per heavy atom. The van der Waals surface area contributed by atoms with Crippen molar-refractivity contribution in [3.8, 4) is 0 Å². The summed E-state index contributed by atoms with van der Waals surface area (Å²) in [5, 5.41) is 2.79. The number of nitrogens with one attached hydrogen (secondary N) is 1. The summed E-state index contributed by atoms with van der Waals surface area (Å²) >= 11 is 4.39. The molecule has 0 bridgehead atoms. The first-order valence-corrected chi connectivity index (χ1v) is 6.04.